The van der Waals surface area contributed by atoms with E-state index in [1.54, 1.807) is 0 Å². The van der Waals surface area contributed by atoms with Gasteiger partial charge in [0.1, 0.15) is 19.7 Å². The van der Waals surface area contributed by atoms with E-state index < -0.39 is 43.4 Å². The third-order valence-electron chi connectivity index (χ3n) is 1.48. The number of carbonyl (C=O) groups is 1. The van der Waals surface area contributed by atoms with Crippen LogP contribution in [0, 0.1) is 40.5 Å². The highest BCUT2D eigenvalue weighted by Crippen LogP contribution is 2.00. The first-order valence-corrected chi connectivity index (χ1v) is 3.96. The van der Waals surface area contributed by atoms with Gasteiger partial charge in [-0.05, 0) is 0 Å². The normalized spacial score (nSPS) is 9.53. The second-order valence-electron chi connectivity index (χ2n) is 2.69. The molecule has 0 aromatic heterocycles. The Balaban J connectivity index is 5.34. The maximum absolute atomic E-state index is 11.0. The Labute approximate surface area is 101 Å². The number of nitrogens with one attached hydrogen (secondary N) is 1. The van der Waals surface area contributed by atoms with Crippen molar-refractivity contribution in [1.29, 1.82) is 0 Å². The van der Waals surface area contributed by atoms with E-state index in [1.165, 1.54) is 0 Å². The molecule has 15 nitrogen and oxygen atoms in total. The van der Waals surface area contributed by atoms with Gasteiger partial charge >= 0.3 is 17.9 Å². The fourth-order valence-corrected chi connectivity index (χ4v) is 0.785. The molecule has 0 heterocycles. The van der Waals surface area contributed by atoms with Gasteiger partial charge in [-0.15, -0.1) is 0 Å². The van der Waals surface area contributed by atoms with Crippen LogP contribution in [0.5, 0.6) is 0 Å². The molecule has 0 fully saturated rings. The molecular formula is C4H4N6O9. The van der Waals surface area contributed by atoms with E-state index >= 15 is 0 Å². The summed E-state index contributed by atoms with van der Waals surface area (Å²) in [6, 6.07) is 0. The predicted octanol–water partition coefficient (Wildman–Crippen LogP) is -2.38. The average Bonchev–Trinajstić information content (AvgIpc) is 2.13. The molecule has 0 aliphatic rings. The third-order valence-corrected chi connectivity index (χ3v) is 1.48. The summed E-state index contributed by atoms with van der Waals surface area (Å²) in [6.45, 7) is 0. The smallest absolute Gasteiger partial charge is 0.374 e. The van der Waals surface area contributed by atoms with Crippen LogP contribution < -0.4 is 11.1 Å². The Bertz CT molecular complexity index is 465. The summed E-state index contributed by atoms with van der Waals surface area (Å²) in [5, 5.41) is 41.9. The van der Waals surface area contributed by atoms with E-state index in [4.69, 9.17) is 5.73 Å². The highest BCUT2D eigenvalue weighted by Gasteiger charge is 2.44. The van der Waals surface area contributed by atoms with Crippen molar-refractivity contribution in [3.8, 4) is 0 Å². The topological polar surface area (TPSA) is 228 Å². The molecule has 0 rings (SSSR count). The summed E-state index contributed by atoms with van der Waals surface area (Å²) in [6.07, 6.45) is -3.00. The van der Waals surface area contributed by atoms with E-state index in [9.17, 15) is 45.3 Å². The van der Waals surface area contributed by atoms with Crippen LogP contribution in [0.25, 0.3) is 0 Å². The summed E-state index contributed by atoms with van der Waals surface area (Å²) < 4.78 is 0. The lowest BCUT2D eigenvalue weighted by Crippen LogP contribution is -2.46. The molecule has 0 aromatic carbocycles. The third kappa shape index (κ3) is 3.84. The minimum absolute atomic E-state index is 1.16. The summed E-state index contributed by atoms with van der Waals surface area (Å²) in [5.74, 6) is -5.30. The Morgan fingerprint density at radius 3 is 1.58 bits per heavy atom. The minimum atomic E-state index is -3.00. The van der Waals surface area contributed by atoms with Crippen LogP contribution in [0.15, 0.2) is 11.6 Å². The van der Waals surface area contributed by atoms with Crippen LogP contribution in [0.1, 0.15) is 0 Å². The van der Waals surface area contributed by atoms with Gasteiger partial charge < -0.3 is 5.73 Å². The van der Waals surface area contributed by atoms with E-state index in [2.05, 4.69) is 0 Å². The summed E-state index contributed by atoms with van der Waals surface area (Å²) in [4.78, 5) is 45.4. The van der Waals surface area contributed by atoms with E-state index in [-0.39, 0.29) is 0 Å². The fraction of sp³-hybridized carbons (Fsp3) is 0.250. The van der Waals surface area contributed by atoms with Gasteiger partial charge in [-0.3, -0.25) is 50.6 Å². The molecule has 0 saturated carbocycles. The zero-order chi connectivity index (χ0) is 15.3. The molecule has 0 unspecified atom stereocenters. The molecule has 0 bridgehead atoms. The second-order valence-corrected chi connectivity index (χ2v) is 2.69. The van der Waals surface area contributed by atoms with Crippen molar-refractivity contribution in [2.75, 3.05) is 0 Å². The maximum Gasteiger partial charge on any atom is 0.599 e. The number of hydrogen-bond donors (Lipinski definition) is 2. The van der Waals surface area contributed by atoms with Crippen molar-refractivity contribution < 1.29 is 24.5 Å². The van der Waals surface area contributed by atoms with Crippen LogP contribution in [0.2, 0.25) is 0 Å². The van der Waals surface area contributed by atoms with Gasteiger partial charge in [-0.1, -0.05) is 0 Å². The standard InChI is InChI=1S/C4H4N6O9/c5-1(3(7(12)13)8(14)15)6-2(11)4(9(16)17)10(18)19/h4H,5H2,(H,6,11). The van der Waals surface area contributed by atoms with Gasteiger partial charge in [0.15, 0.2) is 0 Å². The number of amides is 1. The zero-order valence-corrected chi connectivity index (χ0v) is 8.62. The molecule has 0 saturated heterocycles. The van der Waals surface area contributed by atoms with Gasteiger partial charge in [0.25, 0.3) is 5.82 Å². The van der Waals surface area contributed by atoms with Gasteiger partial charge in [0, 0.05) is 0 Å². The molecule has 1 amide bonds. The van der Waals surface area contributed by atoms with Crippen molar-refractivity contribution in [3.63, 3.8) is 0 Å². The highest BCUT2D eigenvalue weighted by molar-refractivity contribution is 5.80. The molecule has 0 aliphatic heterocycles. The van der Waals surface area contributed by atoms with Crippen molar-refractivity contribution in [1.82, 2.24) is 5.32 Å². The number of rotatable bonds is 6. The maximum atomic E-state index is 11.0. The lowest BCUT2D eigenvalue weighted by Gasteiger charge is -2.02. The van der Waals surface area contributed by atoms with Crippen molar-refractivity contribution in [2.24, 2.45) is 5.73 Å². The van der Waals surface area contributed by atoms with Crippen LogP contribution >= 0.6 is 0 Å². The summed E-state index contributed by atoms with van der Waals surface area (Å²) in [5.41, 5.74) is 4.78. The van der Waals surface area contributed by atoms with E-state index in [1.807, 2.05) is 0 Å². The van der Waals surface area contributed by atoms with E-state index in [0.29, 0.717) is 0 Å². The van der Waals surface area contributed by atoms with E-state index in [0.717, 1.165) is 5.32 Å². The van der Waals surface area contributed by atoms with Crippen LogP contribution in [0.4, 0.5) is 0 Å². The van der Waals surface area contributed by atoms with Crippen molar-refractivity contribution in [3.05, 3.63) is 52.1 Å². The molecule has 104 valence electrons. The zero-order valence-electron chi connectivity index (χ0n) is 8.62. The quantitative estimate of drug-likeness (QED) is 0.298. The summed E-state index contributed by atoms with van der Waals surface area (Å²) in [7, 11) is 0. The first kappa shape index (κ1) is 15.6. The molecule has 15 heteroatoms. The molecule has 0 aliphatic carbocycles. The van der Waals surface area contributed by atoms with Gasteiger partial charge in [0.2, 0.25) is 0 Å². The Kier molecular flexibility index (Phi) is 4.76. The number of nitrogens with zero attached hydrogens (tertiary/aromatic N) is 4. The van der Waals surface area contributed by atoms with Gasteiger partial charge in [0.05, 0.1) is 0 Å². The SMILES string of the molecule is NC(NC(=O)C([N+](=O)[O-])[N+](=O)[O-])=C([N+](=O)[O-])[N+](=O)[O-]. The Morgan fingerprint density at radius 2 is 1.32 bits per heavy atom. The number of carbonyl (C=O) groups excluding carboxylic acids is 1. The second kappa shape index (κ2) is 5.80. The molecule has 0 aromatic rings. The van der Waals surface area contributed by atoms with Crippen LogP contribution in [-0.4, -0.2) is 31.8 Å². The molecular weight excluding hydrogens is 276 g/mol. The molecule has 19 heavy (non-hydrogen) atoms. The number of nitrogens with two attached hydrogens (primary N) is 1. The Morgan fingerprint density at radius 1 is 0.947 bits per heavy atom. The van der Waals surface area contributed by atoms with Crippen LogP contribution in [-0.2, 0) is 4.79 Å². The van der Waals surface area contributed by atoms with Gasteiger partial charge in [-0.2, -0.15) is 0 Å². The number of hydrogen-bond acceptors (Lipinski definition) is 10. The molecule has 3 N–H and O–H groups in total. The van der Waals surface area contributed by atoms with Gasteiger partial charge in [-0.25, -0.2) is 0 Å². The first-order valence-electron chi connectivity index (χ1n) is 3.96. The lowest BCUT2D eigenvalue weighted by atomic mass is 10.4. The van der Waals surface area contributed by atoms with Crippen LogP contribution in [0.3, 0.4) is 0 Å². The fourth-order valence-electron chi connectivity index (χ4n) is 0.785. The number of nitro groups is 4. The average molecular weight is 280 g/mol. The van der Waals surface area contributed by atoms with Crippen molar-refractivity contribution in [2.45, 2.75) is 6.17 Å². The first-order chi connectivity index (χ1) is 8.59. The molecule has 0 spiro atoms. The highest BCUT2D eigenvalue weighted by atomic mass is 16.7. The monoisotopic (exact) mass is 280 g/mol. The molecule has 0 radical (unpaired) electrons. The summed E-state index contributed by atoms with van der Waals surface area (Å²) >= 11 is 0. The predicted molar refractivity (Wildman–Crippen MR) is 51.1 cm³/mol. The lowest BCUT2D eigenvalue weighted by molar-refractivity contribution is -0.723. The molecule has 0 atom stereocenters. The largest absolute Gasteiger partial charge is 0.599 e. The minimum Gasteiger partial charge on any atom is -0.374 e. The van der Waals surface area contributed by atoms with Crippen molar-refractivity contribution >= 4 is 5.91 Å². The Hall–Kier alpha value is -3.39.